The number of benzene rings is 2. The van der Waals surface area contributed by atoms with Crippen LogP contribution in [-0.2, 0) is 12.8 Å². The number of aromatic hydroxyl groups is 2. The summed E-state index contributed by atoms with van der Waals surface area (Å²) < 4.78 is 0. The smallest absolute Gasteiger partial charge is 0.165 e. The number of phenolic OH excluding ortho intramolecular Hbond substituents is 2. The summed E-state index contributed by atoms with van der Waals surface area (Å²) in [6.45, 7) is 5.97. The highest BCUT2D eigenvalue weighted by atomic mass is 16.3. The first-order chi connectivity index (χ1) is 10.7. The van der Waals surface area contributed by atoms with Crippen LogP contribution in [0.15, 0.2) is 43.0 Å². The van der Waals surface area contributed by atoms with Crippen LogP contribution in [0.3, 0.4) is 0 Å². The molecule has 0 saturated heterocycles. The first kappa shape index (κ1) is 13.4. The fraction of sp³-hybridized carbons (Fsp3) is 0.263. The van der Waals surface area contributed by atoms with Gasteiger partial charge in [-0.2, -0.15) is 0 Å². The fourth-order valence-corrected chi connectivity index (χ4v) is 4.12. The molecule has 0 fully saturated rings. The van der Waals surface area contributed by atoms with Crippen molar-refractivity contribution in [3.63, 3.8) is 0 Å². The number of phenols is 2. The lowest BCUT2D eigenvalue weighted by atomic mass is 9.76. The molecule has 3 nitrogen and oxygen atoms in total. The van der Waals surface area contributed by atoms with E-state index in [-0.39, 0.29) is 11.5 Å². The highest BCUT2D eigenvalue weighted by Gasteiger charge is 2.37. The quantitative estimate of drug-likeness (QED) is 0.586. The van der Waals surface area contributed by atoms with Gasteiger partial charge < -0.3 is 15.1 Å². The van der Waals surface area contributed by atoms with E-state index in [0.717, 1.165) is 42.6 Å². The van der Waals surface area contributed by atoms with Gasteiger partial charge in [-0.05, 0) is 28.8 Å². The molecule has 0 amide bonds. The van der Waals surface area contributed by atoms with E-state index in [1.54, 1.807) is 6.07 Å². The summed E-state index contributed by atoms with van der Waals surface area (Å²) in [5.41, 5.74) is 5.74. The maximum atomic E-state index is 10.4. The number of hydrogen-bond donors (Lipinski definition) is 3. The molecule has 3 N–H and O–H groups in total. The van der Waals surface area contributed by atoms with Crippen molar-refractivity contribution >= 4 is 0 Å². The maximum Gasteiger partial charge on any atom is 0.165 e. The van der Waals surface area contributed by atoms with Crippen LogP contribution in [0.2, 0.25) is 0 Å². The van der Waals surface area contributed by atoms with Gasteiger partial charge in [0, 0.05) is 24.0 Å². The van der Waals surface area contributed by atoms with Gasteiger partial charge in [0.2, 0.25) is 0 Å². The summed E-state index contributed by atoms with van der Waals surface area (Å²) in [5.74, 6) is -0.0268. The molecule has 2 aliphatic rings. The van der Waals surface area contributed by atoms with Crippen LogP contribution in [0.25, 0.3) is 11.1 Å². The molecular formula is C19H20NO2+. The van der Waals surface area contributed by atoms with Gasteiger partial charge in [-0.25, -0.2) is 0 Å². The average molecular weight is 294 g/mol. The lowest BCUT2D eigenvalue weighted by Gasteiger charge is -2.38. The lowest BCUT2D eigenvalue weighted by molar-refractivity contribution is -0.928. The van der Waals surface area contributed by atoms with Crippen LogP contribution in [0.4, 0.5) is 0 Å². The third-order valence-corrected chi connectivity index (χ3v) is 5.10. The van der Waals surface area contributed by atoms with E-state index in [1.807, 2.05) is 12.1 Å². The Bertz CT molecular complexity index is 766. The molecule has 0 aromatic heterocycles. The number of hydrogen-bond acceptors (Lipinski definition) is 2. The van der Waals surface area contributed by atoms with Crippen molar-refractivity contribution in [1.82, 2.24) is 0 Å². The van der Waals surface area contributed by atoms with E-state index >= 15 is 0 Å². The molecule has 1 aliphatic carbocycles. The Balaban J connectivity index is 1.96. The number of nitrogens with one attached hydrogen (secondary N) is 1. The molecule has 0 spiro atoms. The van der Waals surface area contributed by atoms with E-state index in [2.05, 4.69) is 24.8 Å². The zero-order chi connectivity index (χ0) is 15.3. The normalized spacial score (nSPS) is 21.8. The van der Waals surface area contributed by atoms with Gasteiger partial charge in [0.25, 0.3) is 0 Å². The lowest BCUT2D eigenvalue weighted by Crippen LogP contribution is -3.13. The molecule has 1 unspecified atom stereocenters. The van der Waals surface area contributed by atoms with Crippen molar-refractivity contribution in [3.8, 4) is 22.6 Å². The molecule has 0 saturated carbocycles. The van der Waals surface area contributed by atoms with E-state index in [0.29, 0.717) is 6.04 Å². The second-order valence-electron chi connectivity index (χ2n) is 6.25. The Kier molecular flexibility index (Phi) is 2.98. The second kappa shape index (κ2) is 4.89. The predicted molar refractivity (Wildman–Crippen MR) is 86.3 cm³/mol. The molecule has 2 aromatic carbocycles. The zero-order valence-corrected chi connectivity index (χ0v) is 12.5. The van der Waals surface area contributed by atoms with Crippen molar-refractivity contribution in [2.24, 2.45) is 0 Å². The molecule has 4 rings (SSSR count). The Labute approximate surface area is 130 Å². The minimum Gasteiger partial charge on any atom is -0.504 e. The summed E-state index contributed by atoms with van der Waals surface area (Å²) >= 11 is 0. The van der Waals surface area contributed by atoms with E-state index in [1.165, 1.54) is 16.0 Å². The molecule has 112 valence electrons. The topological polar surface area (TPSA) is 44.9 Å². The maximum absolute atomic E-state index is 10.4. The summed E-state index contributed by atoms with van der Waals surface area (Å²) in [6, 6.07) is 10.3. The van der Waals surface area contributed by atoms with Crippen molar-refractivity contribution in [2.45, 2.75) is 18.9 Å². The van der Waals surface area contributed by atoms with Gasteiger partial charge in [0.05, 0.1) is 13.1 Å². The zero-order valence-electron chi connectivity index (χ0n) is 12.5. The summed E-state index contributed by atoms with van der Waals surface area (Å²) in [6.07, 6.45) is 3.95. The van der Waals surface area contributed by atoms with Gasteiger partial charge in [-0.1, -0.05) is 30.8 Å². The predicted octanol–water partition coefficient (Wildman–Crippen LogP) is 1.99. The summed E-state index contributed by atoms with van der Waals surface area (Å²) in [4.78, 5) is 1.54. The molecule has 2 atom stereocenters. The van der Waals surface area contributed by atoms with Crippen LogP contribution in [0, 0.1) is 0 Å². The molecule has 0 radical (unpaired) electrons. The van der Waals surface area contributed by atoms with Gasteiger partial charge in [-0.15, -0.1) is 0 Å². The van der Waals surface area contributed by atoms with Gasteiger partial charge in [0.15, 0.2) is 11.5 Å². The van der Waals surface area contributed by atoms with Crippen LogP contribution >= 0.6 is 0 Å². The summed E-state index contributed by atoms with van der Waals surface area (Å²) in [5, 5.41) is 20.2. The molecule has 2 aromatic rings. The number of fused-ring (bicyclic) bond motifs is 2. The fourth-order valence-electron chi connectivity index (χ4n) is 4.12. The Morgan fingerprint density at radius 2 is 2.05 bits per heavy atom. The van der Waals surface area contributed by atoms with Crippen molar-refractivity contribution in [2.75, 3.05) is 13.1 Å². The Morgan fingerprint density at radius 3 is 2.86 bits per heavy atom. The second-order valence-corrected chi connectivity index (χ2v) is 6.25. The van der Waals surface area contributed by atoms with Crippen molar-refractivity contribution < 1.29 is 15.1 Å². The standard InChI is InChI=1S/C19H19NO2/c1-2-9-20-10-8-12-4-3-5-14-17(12)15(20)11-13-6-7-16(21)19(22)18(13)14/h2-7,15,21-22H,1,8-11H2/p+1/t15-/m1/s1. The van der Waals surface area contributed by atoms with E-state index in [9.17, 15) is 10.2 Å². The largest absolute Gasteiger partial charge is 0.504 e. The molecule has 22 heavy (non-hydrogen) atoms. The molecule has 1 heterocycles. The van der Waals surface area contributed by atoms with Crippen LogP contribution in [0.5, 0.6) is 11.5 Å². The monoisotopic (exact) mass is 294 g/mol. The molecule has 0 bridgehead atoms. The Morgan fingerprint density at radius 1 is 1.18 bits per heavy atom. The highest BCUT2D eigenvalue weighted by Crippen LogP contribution is 2.47. The minimum atomic E-state index is -0.0408. The molecule has 1 aliphatic heterocycles. The SMILES string of the molecule is C=CC[NH+]1CCc2cccc3c2[C@H]1Cc1ccc(O)c(O)c1-3. The van der Waals surface area contributed by atoms with Crippen molar-refractivity contribution in [1.29, 1.82) is 0 Å². The van der Waals surface area contributed by atoms with Crippen LogP contribution in [0.1, 0.15) is 22.7 Å². The van der Waals surface area contributed by atoms with Gasteiger partial charge in [-0.3, -0.25) is 0 Å². The highest BCUT2D eigenvalue weighted by molar-refractivity contribution is 5.81. The van der Waals surface area contributed by atoms with E-state index < -0.39 is 0 Å². The third-order valence-electron chi connectivity index (χ3n) is 5.10. The van der Waals surface area contributed by atoms with Gasteiger partial charge in [0.1, 0.15) is 6.04 Å². The van der Waals surface area contributed by atoms with Gasteiger partial charge >= 0.3 is 0 Å². The molecular weight excluding hydrogens is 274 g/mol. The molecule has 3 heteroatoms. The third kappa shape index (κ3) is 1.79. The van der Waals surface area contributed by atoms with E-state index in [4.69, 9.17) is 0 Å². The average Bonchev–Trinajstić information content (AvgIpc) is 2.53. The Hall–Kier alpha value is -2.26. The van der Waals surface area contributed by atoms with Crippen molar-refractivity contribution in [3.05, 3.63) is 59.7 Å². The van der Waals surface area contributed by atoms with Crippen LogP contribution < -0.4 is 4.90 Å². The number of rotatable bonds is 2. The summed E-state index contributed by atoms with van der Waals surface area (Å²) in [7, 11) is 0. The number of quaternary nitrogens is 1. The van der Waals surface area contributed by atoms with Crippen LogP contribution in [-0.4, -0.2) is 23.3 Å². The first-order valence-corrected chi connectivity index (χ1v) is 7.82. The first-order valence-electron chi connectivity index (χ1n) is 7.82. The minimum absolute atomic E-state index is 0.0141.